The van der Waals surface area contributed by atoms with Gasteiger partial charge in [0, 0.05) is 0 Å². The molecule has 4 heteroatoms. The Morgan fingerprint density at radius 2 is 1.25 bits per heavy atom. The summed E-state index contributed by atoms with van der Waals surface area (Å²) < 4.78 is 0. The molecular weight excluding hydrogens is 208 g/mol. The summed E-state index contributed by atoms with van der Waals surface area (Å²) >= 11 is 0. The average Bonchev–Trinajstić information content (AvgIpc) is 2.31. The molecule has 0 aliphatic rings. The lowest BCUT2D eigenvalue weighted by molar-refractivity contribution is -0.623. The van der Waals surface area contributed by atoms with Crippen LogP contribution in [0.2, 0.25) is 0 Å². The van der Waals surface area contributed by atoms with Crippen molar-refractivity contribution in [2.24, 2.45) is 0 Å². The number of unbranched alkanes of at least 4 members (excludes halogenated alkanes) is 9. The minimum absolute atomic E-state index is 0.469. The Balaban J connectivity index is 2.83. The van der Waals surface area contributed by atoms with Crippen LogP contribution in [0.25, 0.3) is 0 Å². The molecule has 1 N–H and O–H groups in total. The van der Waals surface area contributed by atoms with Crippen LogP contribution in [0.4, 0.5) is 0 Å². The van der Waals surface area contributed by atoms with Crippen molar-refractivity contribution in [3.8, 4) is 0 Å². The fourth-order valence-corrected chi connectivity index (χ4v) is 1.70. The van der Waals surface area contributed by atoms with Gasteiger partial charge in [-0.15, -0.1) is 0 Å². The lowest BCUT2D eigenvalue weighted by Gasteiger charge is -2.01. The summed E-state index contributed by atoms with van der Waals surface area (Å²) in [5.74, 6) is 0. The Labute approximate surface area is 98.7 Å². The average molecular weight is 234 g/mol. The van der Waals surface area contributed by atoms with Crippen LogP contribution in [0.3, 0.4) is 0 Å². The van der Waals surface area contributed by atoms with Crippen molar-refractivity contribution >= 4 is 0 Å². The predicted octanol–water partition coefficient (Wildman–Crippen LogP) is 4.26. The van der Waals surface area contributed by atoms with Gasteiger partial charge in [0.05, 0.1) is 6.61 Å². The third kappa shape index (κ3) is 13.8. The molecule has 0 amide bonds. The van der Waals surface area contributed by atoms with Gasteiger partial charge in [-0.05, 0) is 16.5 Å². The van der Waals surface area contributed by atoms with Gasteiger partial charge in [-0.25, -0.2) is 10.1 Å². The summed E-state index contributed by atoms with van der Waals surface area (Å²) in [6.45, 7) is 2.71. The third-order valence-corrected chi connectivity index (χ3v) is 2.66. The summed E-state index contributed by atoms with van der Waals surface area (Å²) in [7, 11) is 0. The van der Waals surface area contributed by atoms with E-state index in [1.807, 2.05) is 0 Å². The molecule has 0 aromatic heterocycles. The summed E-state index contributed by atoms with van der Waals surface area (Å²) in [4.78, 5) is 4.48. The van der Waals surface area contributed by atoms with Crippen LogP contribution in [-0.2, 0) is 15.0 Å². The van der Waals surface area contributed by atoms with Crippen LogP contribution in [0.15, 0.2) is 0 Å². The van der Waals surface area contributed by atoms with E-state index in [1.165, 1.54) is 51.4 Å². The molecule has 0 saturated heterocycles. The van der Waals surface area contributed by atoms with Crippen LogP contribution >= 0.6 is 0 Å². The zero-order chi connectivity index (χ0) is 11.9. The summed E-state index contributed by atoms with van der Waals surface area (Å²) in [5, 5.41) is 15.0. The molecule has 0 heterocycles. The molecular formula is C12H26O4. The quantitative estimate of drug-likeness (QED) is 0.294. The summed E-state index contributed by atoms with van der Waals surface area (Å²) in [6.07, 6.45) is 12.8. The van der Waals surface area contributed by atoms with Gasteiger partial charge in [0.15, 0.2) is 0 Å². The molecule has 0 bridgehead atoms. The van der Waals surface area contributed by atoms with E-state index in [2.05, 4.69) is 21.9 Å². The fourth-order valence-electron chi connectivity index (χ4n) is 1.70. The van der Waals surface area contributed by atoms with E-state index in [0.717, 1.165) is 12.8 Å². The first-order valence-corrected chi connectivity index (χ1v) is 6.51. The molecule has 0 aromatic carbocycles. The van der Waals surface area contributed by atoms with Crippen LogP contribution in [0.1, 0.15) is 71.1 Å². The van der Waals surface area contributed by atoms with Crippen LogP contribution in [0, 0.1) is 0 Å². The first-order valence-electron chi connectivity index (χ1n) is 6.51. The van der Waals surface area contributed by atoms with Crippen molar-refractivity contribution in [3.63, 3.8) is 0 Å². The second kappa shape index (κ2) is 14.8. The highest BCUT2D eigenvalue weighted by Gasteiger charge is 1.93. The van der Waals surface area contributed by atoms with Gasteiger partial charge in [-0.3, -0.25) is 0 Å². The van der Waals surface area contributed by atoms with Gasteiger partial charge in [0.2, 0.25) is 0 Å². The molecule has 0 fully saturated rings. The Morgan fingerprint density at radius 1 is 0.750 bits per heavy atom. The minimum atomic E-state index is 0.469. The zero-order valence-corrected chi connectivity index (χ0v) is 10.5. The molecule has 0 aromatic rings. The van der Waals surface area contributed by atoms with E-state index >= 15 is 0 Å². The Kier molecular flexibility index (Phi) is 14.7. The second-order valence-corrected chi connectivity index (χ2v) is 4.15. The number of hydrogen-bond acceptors (Lipinski definition) is 4. The standard InChI is InChI=1S/C12H26O4/c1-2-3-4-5-6-7-8-9-10-11-12-14-16-15-13/h13H,2-12H2,1H3. The summed E-state index contributed by atoms with van der Waals surface area (Å²) in [6, 6.07) is 0. The Hall–Kier alpha value is -0.160. The normalized spacial score (nSPS) is 10.9. The van der Waals surface area contributed by atoms with Crippen molar-refractivity contribution in [1.29, 1.82) is 0 Å². The van der Waals surface area contributed by atoms with Crippen LogP contribution in [-0.4, -0.2) is 11.9 Å². The molecule has 0 saturated carbocycles. The molecule has 0 aliphatic heterocycles. The lowest BCUT2D eigenvalue weighted by Crippen LogP contribution is -1.95. The predicted molar refractivity (Wildman–Crippen MR) is 62.6 cm³/mol. The zero-order valence-electron chi connectivity index (χ0n) is 10.5. The number of rotatable bonds is 13. The topological polar surface area (TPSA) is 47.9 Å². The SMILES string of the molecule is CCCCCCCCCCCCOOOO. The Morgan fingerprint density at radius 3 is 1.75 bits per heavy atom. The van der Waals surface area contributed by atoms with Gasteiger partial charge in [0.25, 0.3) is 0 Å². The molecule has 0 unspecified atom stereocenters. The van der Waals surface area contributed by atoms with Crippen LogP contribution < -0.4 is 0 Å². The van der Waals surface area contributed by atoms with E-state index in [1.54, 1.807) is 0 Å². The molecule has 0 aliphatic carbocycles. The molecule has 16 heavy (non-hydrogen) atoms. The first kappa shape index (κ1) is 15.8. The Bertz CT molecular complexity index is 106. The van der Waals surface area contributed by atoms with Gasteiger partial charge < -0.3 is 0 Å². The van der Waals surface area contributed by atoms with Gasteiger partial charge in [-0.1, -0.05) is 64.7 Å². The van der Waals surface area contributed by atoms with E-state index in [4.69, 9.17) is 5.26 Å². The molecule has 4 nitrogen and oxygen atoms in total. The molecule has 0 radical (unpaired) electrons. The van der Waals surface area contributed by atoms with E-state index in [9.17, 15) is 0 Å². The largest absolute Gasteiger partial charge is 0.219 e. The number of hydrogen-bond donors (Lipinski definition) is 1. The molecule has 98 valence electrons. The lowest BCUT2D eigenvalue weighted by atomic mass is 10.1. The maximum atomic E-state index is 7.78. The van der Waals surface area contributed by atoms with Crippen molar-refractivity contribution in [1.82, 2.24) is 0 Å². The van der Waals surface area contributed by atoms with Crippen molar-refractivity contribution in [2.75, 3.05) is 6.61 Å². The maximum absolute atomic E-state index is 7.78. The van der Waals surface area contributed by atoms with Gasteiger partial charge in [0.1, 0.15) is 0 Å². The van der Waals surface area contributed by atoms with Crippen molar-refractivity contribution < 1.29 is 20.2 Å². The molecule has 0 spiro atoms. The molecule has 0 atom stereocenters. The maximum Gasteiger partial charge on any atom is 0.0854 e. The molecule has 0 rings (SSSR count). The van der Waals surface area contributed by atoms with E-state index in [-0.39, 0.29) is 0 Å². The highest BCUT2D eigenvalue weighted by molar-refractivity contribution is 4.46. The minimum Gasteiger partial charge on any atom is -0.219 e. The van der Waals surface area contributed by atoms with E-state index < -0.39 is 0 Å². The fraction of sp³-hybridized carbons (Fsp3) is 1.00. The highest BCUT2D eigenvalue weighted by atomic mass is 17.6. The highest BCUT2D eigenvalue weighted by Crippen LogP contribution is 2.10. The van der Waals surface area contributed by atoms with Gasteiger partial charge >= 0.3 is 0 Å². The van der Waals surface area contributed by atoms with Crippen molar-refractivity contribution in [3.05, 3.63) is 0 Å². The third-order valence-electron chi connectivity index (χ3n) is 2.66. The monoisotopic (exact) mass is 234 g/mol. The van der Waals surface area contributed by atoms with E-state index in [0.29, 0.717) is 6.61 Å². The van der Waals surface area contributed by atoms with Crippen LogP contribution in [0.5, 0.6) is 0 Å². The first-order chi connectivity index (χ1) is 7.91. The summed E-state index contributed by atoms with van der Waals surface area (Å²) in [5.41, 5.74) is 0. The van der Waals surface area contributed by atoms with Crippen molar-refractivity contribution in [2.45, 2.75) is 71.1 Å². The smallest absolute Gasteiger partial charge is 0.0854 e. The second-order valence-electron chi connectivity index (χ2n) is 4.15. The van der Waals surface area contributed by atoms with Gasteiger partial charge in [-0.2, -0.15) is 0 Å².